The van der Waals surface area contributed by atoms with Crippen LogP contribution in [0.3, 0.4) is 0 Å². The first-order valence-electron chi connectivity index (χ1n) is 14.9. The SMILES string of the molecule is CCOC1=C2CN(S(=O)(=O)c3ccc(C)cc3)C(c3ccccc3)C[C@@H]2N(S(=O)(=O)c2ccc(Cl)cc2)C(c2ccccc2)C1. The number of ether oxygens (including phenoxy) is 1. The third kappa shape index (κ3) is 6.07. The summed E-state index contributed by atoms with van der Waals surface area (Å²) in [5, 5.41) is 0.435. The highest BCUT2D eigenvalue weighted by Gasteiger charge is 2.51. The maximum Gasteiger partial charge on any atom is 0.244 e. The van der Waals surface area contributed by atoms with Crippen molar-refractivity contribution in [3.8, 4) is 0 Å². The van der Waals surface area contributed by atoms with Gasteiger partial charge in [-0.25, -0.2) is 16.8 Å². The van der Waals surface area contributed by atoms with Crippen molar-refractivity contribution in [3.05, 3.63) is 142 Å². The zero-order valence-electron chi connectivity index (χ0n) is 25.1. The molecular formula is C35H35ClN2O5S2. The molecule has 234 valence electrons. The Balaban J connectivity index is 1.55. The van der Waals surface area contributed by atoms with E-state index in [1.165, 1.54) is 16.4 Å². The van der Waals surface area contributed by atoms with Gasteiger partial charge >= 0.3 is 0 Å². The second-order valence-corrected chi connectivity index (χ2v) is 15.5. The molecule has 0 spiro atoms. The van der Waals surface area contributed by atoms with Crippen LogP contribution in [0.15, 0.2) is 130 Å². The Bertz CT molecular complexity index is 1900. The Morgan fingerprint density at radius 2 is 1.24 bits per heavy atom. The van der Waals surface area contributed by atoms with E-state index in [0.717, 1.165) is 16.7 Å². The van der Waals surface area contributed by atoms with Crippen LogP contribution in [0.4, 0.5) is 0 Å². The minimum atomic E-state index is -4.08. The van der Waals surface area contributed by atoms with Crippen molar-refractivity contribution in [1.29, 1.82) is 0 Å². The molecule has 1 fully saturated rings. The first kappa shape index (κ1) is 31.5. The van der Waals surface area contributed by atoms with E-state index in [2.05, 4.69) is 0 Å². The molecule has 4 aromatic rings. The average Bonchev–Trinajstić information content (AvgIpc) is 3.05. The van der Waals surface area contributed by atoms with Gasteiger partial charge in [0.25, 0.3) is 0 Å². The molecule has 0 bridgehead atoms. The van der Waals surface area contributed by atoms with Crippen LogP contribution in [0.5, 0.6) is 0 Å². The van der Waals surface area contributed by atoms with Gasteiger partial charge in [-0.2, -0.15) is 8.61 Å². The van der Waals surface area contributed by atoms with Crippen molar-refractivity contribution in [2.75, 3.05) is 13.2 Å². The van der Waals surface area contributed by atoms with Crippen molar-refractivity contribution < 1.29 is 21.6 Å². The number of hydrogen-bond donors (Lipinski definition) is 0. The van der Waals surface area contributed by atoms with E-state index in [4.69, 9.17) is 16.3 Å². The summed E-state index contributed by atoms with van der Waals surface area (Å²) in [7, 11) is -8.06. The van der Waals surface area contributed by atoms with E-state index in [1.54, 1.807) is 40.7 Å². The van der Waals surface area contributed by atoms with Crippen LogP contribution < -0.4 is 0 Å². The van der Waals surface area contributed by atoms with Crippen molar-refractivity contribution in [3.63, 3.8) is 0 Å². The van der Waals surface area contributed by atoms with Crippen molar-refractivity contribution in [2.45, 2.75) is 54.6 Å². The van der Waals surface area contributed by atoms with Gasteiger partial charge in [0.05, 0.1) is 40.3 Å². The minimum absolute atomic E-state index is 0.0100. The van der Waals surface area contributed by atoms with Crippen LogP contribution in [0, 0.1) is 6.92 Å². The number of nitrogens with zero attached hydrogens (tertiary/aromatic N) is 2. The second kappa shape index (κ2) is 12.7. The van der Waals surface area contributed by atoms with Crippen LogP contribution >= 0.6 is 11.6 Å². The largest absolute Gasteiger partial charge is 0.498 e. The van der Waals surface area contributed by atoms with E-state index >= 15 is 0 Å². The fourth-order valence-corrected chi connectivity index (χ4v) is 9.94. The lowest BCUT2D eigenvalue weighted by atomic mass is 9.84. The van der Waals surface area contributed by atoms with Gasteiger partial charge in [0, 0.05) is 23.6 Å². The molecule has 4 aromatic carbocycles. The third-order valence-corrected chi connectivity index (χ3v) is 12.6. The van der Waals surface area contributed by atoms with Gasteiger partial charge < -0.3 is 4.74 Å². The predicted octanol–water partition coefficient (Wildman–Crippen LogP) is 7.28. The number of halogens is 1. The number of sulfonamides is 2. The first-order chi connectivity index (χ1) is 21.6. The maximum atomic E-state index is 14.7. The molecule has 0 amide bonds. The Morgan fingerprint density at radius 3 is 1.82 bits per heavy atom. The molecule has 0 aliphatic carbocycles. The number of piperidine rings is 1. The Morgan fingerprint density at radius 1 is 0.711 bits per heavy atom. The highest BCUT2D eigenvalue weighted by molar-refractivity contribution is 7.89. The molecule has 7 nitrogen and oxygen atoms in total. The summed E-state index contributed by atoms with van der Waals surface area (Å²) in [5.41, 5.74) is 3.23. The summed E-state index contributed by atoms with van der Waals surface area (Å²) >= 11 is 6.15. The zero-order valence-corrected chi connectivity index (χ0v) is 27.5. The van der Waals surface area contributed by atoms with Crippen LogP contribution in [0.1, 0.15) is 48.5 Å². The van der Waals surface area contributed by atoms with E-state index in [9.17, 15) is 16.8 Å². The molecule has 0 aromatic heterocycles. The maximum absolute atomic E-state index is 14.7. The van der Waals surface area contributed by atoms with Gasteiger partial charge in [0.1, 0.15) is 0 Å². The van der Waals surface area contributed by atoms with E-state index in [1.807, 2.05) is 74.5 Å². The lowest BCUT2D eigenvalue weighted by Crippen LogP contribution is -2.54. The fourth-order valence-electron chi connectivity index (χ4n) is 6.40. The molecule has 6 rings (SSSR count). The monoisotopic (exact) mass is 662 g/mol. The van der Waals surface area contributed by atoms with E-state index in [-0.39, 0.29) is 29.2 Å². The molecule has 2 unspecified atom stereocenters. The second-order valence-electron chi connectivity index (χ2n) is 11.3. The number of hydrogen-bond acceptors (Lipinski definition) is 5. The van der Waals surface area contributed by atoms with Gasteiger partial charge in [-0.15, -0.1) is 0 Å². The molecule has 2 aliphatic heterocycles. The van der Waals surface area contributed by atoms with Gasteiger partial charge in [-0.05, 0) is 67.8 Å². The Labute approximate surface area is 270 Å². The van der Waals surface area contributed by atoms with Crippen molar-refractivity contribution in [1.82, 2.24) is 8.61 Å². The summed E-state index contributed by atoms with van der Waals surface area (Å²) in [6.07, 6.45) is 0.474. The molecule has 45 heavy (non-hydrogen) atoms. The summed E-state index contributed by atoms with van der Waals surface area (Å²) in [6.45, 7) is 4.15. The standard InChI is InChI=1S/C35H35ClN2O5S2/c1-3-43-35-23-33(27-12-8-5-9-13-27)38(45(41,42)30-20-16-28(36)17-21-30)34-22-32(26-10-6-4-7-11-26)37(24-31(34)35)44(39,40)29-18-14-25(2)15-19-29/h4-21,32-34H,3,22-24H2,1-2H3/t32?,33?,34-/m0/s1. The molecule has 0 saturated carbocycles. The van der Waals surface area contributed by atoms with Crippen LogP contribution in [-0.2, 0) is 24.8 Å². The summed E-state index contributed by atoms with van der Waals surface area (Å²) < 4.78 is 67.4. The molecule has 0 radical (unpaired) electrons. The van der Waals surface area contributed by atoms with Gasteiger partial charge in [-0.1, -0.05) is 90.0 Å². The minimum Gasteiger partial charge on any atom is -0.498 e. The van der Waals surface area contributed by atoms with Gasteiger partial charge in [0.2, 0.25) is 20.0 Å². The van der Waals surface area contributed by atoms with Crippen LogP contribution in [-0.4, -0.2) is 44.6 Å². The number of rotatable bonds is 8. The molecule has 2 heterocycles. The highest BCUT2D eigenvalue weighted by atomic mass is 35.5. The fraction of sp³-hybridized carbons (Fsp3) is 0.257. The number of aryl methyl sites for hydroxylation is 1. The third-order valence-electron chi connectivity index (χ3n) is 8.58. The highest BCUT2D eigenvalue weighted by Crippen LogP contribution is 2.49. The van der Waals surface area contributed by atoms with Gasteiger partial charge in [-0.3, -0.25) is 0 Å². The summed E-state index contributed by atoms with van der Waals surface area (Å²) in [6, 6.07) is 30.1. The number of fused-ring (bicyclic) bond motifs is 1. The smallest absolute Gasteiger partial charge is 0.244 e. The lowest BCUT2D eigenvalue weighted by molar-refractivity contribution is 0.118. The normalized spacial score (nSPS) is 21.4. The Kier molecular flexibility index (Phi) is 8.91. The molecule has 1 saturated heterocycles. The predicted molar refractivity (Wildman–Crippen MR) is 176 cm³/mol. The van der Waals surface area contributed by atoms with Crippen LogP contribution in [0.2, 0.25) is 5.02 Å². The lowest BCUT2D eigenvalue weighted by Gasteiger charge is -2.49. The molecule has 10 heteroatoms. The molecule has 0 N–H and O–H groups in total. The van der Waals surface area contributed by atoms with E-state index < -0.39 is 38.2 Å². The first-order valence-corrected chi connectivity index (χ1v) is 18.2. The average molecular weight is 663 g/mol. The Hall–Kier alpha value is -3.47. The van der Waals surface area contributed by atoms with Crippen LogP contribution in [0.25, 0.3) is 0 Å². The van der Waals surface area contributed by atoms with E-state index in [0.29, 0.717) is 23.0 Å². The summed E-state index contributed by atoms with van der Waals surface area (Å²) in [5.74, 6) is 0.634. The summed E-state index contributed by atoms with van der Waals surface area (Å²) in [4.78, 5) is 0.313. The quantitative estimate of drug-likeness (QED) is 0.198. The topological polar surface area (TPSA) is 84.0 Å². The van der Waals surface area contributed by atoms with Crippen molar-refractivity contribution >= 4 is 31.6 Å². The molecule has 2 aliphatic rings. The van der Waals surface area contributed by atoms with Gasteiger partial charge in [0.15, 0.2) is 0 Å². The molecular weight excluding hydrogens is 628 g/mol. The zero-order chi connectivity index (χ0) is 31.8. The molecule has 3 atom stereocenters. The number of benzene rings is 4. The van der Waals surface area contributed by atoms with Crippen molar-refractivity contribution in [2.24, 2.45) is 0 Å².